The van der Waals surface area contributed by atoms with Crippen LogP contribution in [-0.2, 0) is 6.42 Å². The van der Waals surface area contributed by atoms with Gasteiger partial charge in [-0.3, -0.25) is 4.40 Å². The molecular weight excluding hydrogens is 222 g/mol. The van der Waals surface area contributed by atoms with Crippen LogP contribution in [0.5, 0.6) is 0 Å². The van der Waals surface area contributed by atoms with Gasteiger partial charge in [-0.25, -0.2) is 0 Å². The van der Waals surface area contributed by atoms with E-state index in [1.807, 2.05) is 12.1 Å². The second-order valence-electron chi connectivity index (χ2n) is 4.58. The molecule has 0 aliphatic rings. The van der Waals surface area contributed by atoms with Gasteiger partial charge in [-0.1, -0.05) is 30.3 Å². The number of benzene rings is 1. The van der Waals surface area contributed by atoms with Crippen LogP contribution in [0.4, 0.5) is 0 Å². The highest BCUT2D eigenvalue weighted by atomic mass is 15.2. The SMILES string of the molecule is Cc1ccccc1Cc1nnc2cccc(C)n12. The fourth-order valence-electron chi connectivity index (χ4n) is 2.26. The maximum Gasteiger partial charge on any atom is 0.160 e. The van der Waals surface area contributed by atoms with Crippen molar-refractivity contribution in [3.05, 3.63) is 65.1 Å². The minimum absolute atomic E-state index is 0.818. The van der Waals surface area contributed by atoms with E-state index in [1.54, 1.807) is 0 Å². The van der Waals surface area contributed by atoms with Gasteiger partial charge >= 0.3 is 0 Å². The van der Waals surface area contributed by atoms with Gasteiger partial charge in [0.25, 0.3) is 0 Å². The van der Waals surface area contributed by atoms with Crippen LogP contribution in [0.15, 0.2) is 42.5 Å². The van der Waals surface area contributed by atoms with Crippen LogP contribution in [0.3, 0.4) is 0 Å². The molecule has 0 aliphatic carbocycles. The van der Waals surface area contributed by atoms with E-state index in [2.05, 4.69) is 58.8 Å². The van der Waals surface area contributed by atoms with E-state index in [4.69, 9.17) is 0 Å². The van der Waals surface area contributed by atoms with E-state index in [0.717, 1.165) is 17.9 Å². The zero-order valence-electron chi connectivity index (χ0n) is 10.6. The van der Waals surface area contributed by atoms with Crippen molar-refractivity contribution in [2.75, 3.05) is 0 Å². The lowest BCUT2D eigenvalue weighted by Gasteiger charge is -2.06. The minimum atomic E-state index is 0.818. The third-order valence-corrected chi connectivity index (χ3v) is 3.30. The Kier molecular flexibility index (Phi) is 2.59. The minimum Gasteiger partial charge on any atom is -0.283 e. The van der Waals surface area contributed by atoms with E-state index in [9.17, 15) is 0 Å². The average molecular weight is 237 g/mol. The standard InChI is InChI=1S/C15H15N3/c1-11-6-3-4-8-13(11)10-15-17-16-14-9-5-7-12(2)18(14)15/h3-9H,10H2,1-2H3. The Morgan fingerprint density at radius 1 is 0.944 bits per heavy atom. The van der Waals surface area contributed by atoms with Crippen LogP contribution >= 0.6 is 0 Å². The Balaban J connectivity index is 2.09. The number of hydrogen-bond donors (Lipinski definition) is 0. The third kappa shape index (κ3) is 1.78. The Bertz CT molecular complexity index is 698. The lowest BCUT2D eigenvalue weighted by atomic mass is 10.1. The Hall–Kier alpha value is -2.16. The molecular formula is C15H15N3. The molecule has 0 saturated carbocycles. The van der Waals surface area contributed by atoms with Crippen molar-refractivity contribution in [1.82, 2.24) is 14.6 Å². The van der Waals surface area contributed by atoms with Crippen molar-refractivity contribution in [3.63, 3.8) is 0 Å². The molecule has 2 aromatic heterocycles. The summed E-state index contributed by atoms with van der Waals surface area (Å²) in [5, 5.41) is 8.52. The second-order valence-corrected chi connectivity index (χ2v) is 4.58. The summed E-state index contributed by atoms with van der Waals surface area (Å²) in [5.74, 6) is 0.998. The maximum absolute atomic E-state index is 4.31. The number of aryl methyl sites for hydroxylation is 2. The summed E-state index contributed by atoms with van der Waals surface area (Å²) in [6.07, 6.45) is 0.818. The largest absolute Gasteiger partial charge is 0.283 e. The highest BCUT2D eigenvalue weighted by molar-refractivity contribution is 5.41. The second kappa shape index (κ2) is 4.26. The molecule has 0 spiro atoms. The highest BCUT2D eigenvalue weighted by Crippen LogP contribution is 2.14. The van der Waals surface area contributed by atoms with Crippen LogP contribution in [0.25, 0.3) is 5.65 Å². The Morgan fingerprint density at radius 3 is 2.61 bits per heavy atom. The fourth-order valence-corrected chi connectivity index (χ4v) is 2.26. The molecule has 0 saturated heterocycles. The molecule has 18 heavy (non-hydrogen) atoms. The molecule has 0 atom stereocenters. The molecule has 90 valence electrons. The molecule has 3 aromatic rings. The Labute approximate surface area is 106 Å². The van der Waals surface area contributed by atoms with E-state index in [0.29, 0.717) is 0 Å². The zero-order chi connectivity index (χ0) is 12.5. The van der Waals surface area contributed by atoms with Crippen LogP contribution in [0, 0.1) is 13.8 Å². The summed E-state index contributed by atoms with van der Waals surface area (Å²) in [4.78, 5) is 0. The first-order valence-electron chi connectivity index (χ1n) is 6.10. The molecule has 0 aliphatic heterocycles. The molecule has 3 heteroatoms. The van der Waals surface area contributed by atoms with Gasteiger partial charge in [0.15, 0.2) is 5.65 Å². The van der Waals surface area contributed by atoms with E-state index in [1.165, 1.54) is 16.8 Å². The summed E-state index contributed by atoms with van der Waals surface area (Å²) in [6, 6.07) is 14.5. The lowest BCUT2D eigenvalue weighted by molar-refractivity contribution is 0.910. The molecule has 0 bridgehead atoms. The van der Waals surface area contributed by atoms with E-state index in [-0.39, 0.29) is 0 Å². The van der Waals surface area contributed by atoms with Crippen LogP contribution < -0.4 is 0 Å². The summed E-state index contributed by atoms with van der Waals surface area (Å²) < 4.78 is 2.12. The lowest BCUT2D eigenvalue weighted by Crippen LogP contribution is -2.00. The highest BCUT2D eigenvalue weighted by Gasteiger charge is 2.08. The molecule has 3 rings (SSSR count). The molecule has 0 amide bonds. The van der Waals surface area contributed by atoms with Gasteiger partial charge in [-0.15, -0.1) is 10.2 Å². The molecule has 1 aromatic carbocycles. The predicted molar refractivity (Wildman–Crippen MR) is 71.7 cm³/mol. The number of hydrogen-bond acceptors (Lipinski definition) is 2. The van der Waals surface area contributed by atoms with Gasteiger partial charge in [0.2, 0.25) is 0 Å². The van der Waals surface area contributed by atoms with E-state index >= 15 is 0 Å². The van der Waals surface area contributed by atoms with Gasteiger partial charge in [0.05, 0.1) is 0 Å². The van der Waals surface area contributed by atoms with Gasteiger partial charge in [0.1, 0.15) is 5.82 Å². The zero-order valence-corrected chi connectivity index (χ0v) is 10.6. The smallest absolute Gasteiger partial charge is 0.160 e. The van der Waals surface area contributed by atoms with Gasteiger partial charge in [-0.05, 0) is 37.1 Å². The summed E-state index contributed by atoms with van der Waals surface area (Å²) in [5.41, 5.74) is 4.68. The molecule has 3 nitrogen and oxygen atoms in total. The van der Waals surface area contributed by atoms with Crippen molar-refractivity contribution in [3.8, 4) is 0 Å². The van der Waals surface area contributed by atoms with Crippen molar-refractivity contribution in [2.45, 2.75) is 20.3 Å². The first-order valence-corrected chi connectivity index (χ1v) is 6.10. The van der Waals surface area contributed by atoms with Crippen molar-refractivity contribution >= 4 is 5.65 Å². The fraction of sp³-hybridized carbons (Fsp3) is 0.200. The third-order valence-electron chi connectivity index (χ3n) is 3.30. The normalized spacial score (nSPS) is 11.0. The van der Waals surface area contributed by atoms with Gasteiger partial charge in [-0.2, -0.15) is 0 Å². The average Bonchev–Trinajstić information content (AvgIpc) is 2.77. The Morgan fingerprint density at radius 2 is 1.78 bits per heavy atom. The van der Waals surface area contributed by atoms with Crippen molar-refractivity contribution in [2.24, 2.45) is 0 Å². The first kappa shape index (κ1) is 11.0. The van der Waals surface area contributed by atoms with E-state index < -0.39 is 0 Å². The number of rotatable bonds is 2. The molecule has 0 radical (unpaired) electrons. The van der Waals surface area contributed by atoms with Crippen molar-refractivity contribution < 1.29 is 0 Å². The van der Waals surface area contributed by atoms with Crippen LogP contribution in [-0.4, -0.2) is 14.6 Å². The number of pyridine rings is 1. The topological polar surface area (TPSA) is 30.2 Å². The molecule has 0 unspecified atom stereocenters. The number of fused-ring (bicyclic) bond motifs is 1. The predicted octanol–water partition coefficient (Wildman–Crippen LogP) is 2.94. The molecule has 0 N–H and O–H groups in total. The van der Waals surface area contributed by atoms with Crippen molar-refractivity contribution in [1.29, 1.82) is 0 Å². The molecule has 2 heterocycles. The quantitative estimate of drug-likeness (QED) is 0.686. The van der Waals surface area contributed by atoms with Crippen LogP contribution in [0.1, 0.15) is 22.6 Å². The summed E-state index contributed by atoms with van der Waals surface area (Å²) in [7, 11) is 0. The summed E-state index contributed by atoms with van der Waals surface area (Å²) in [6.45, 7) is 4.21. The van der Waals surface area contributed by atoms with Crippen LogP contribution in [0.2, 0.25) is 0 Å². The first-order chi connectivity index (χ1) is 8.75. The van der Waals surface area contributed by atoms with Gasteiger partial charge in [0, 0.05) is 12.1 Å². The van der Waals surface area contributed by atoms with Gasteiger partial charge < -0.3 is 0 Å². The summed E-state index contributed by atoms with van der Waals surface area (Å²) >= 11 is 0. The molecule has 0 fully saturated rings. The maximum atomic E-state index is 4.31. The number of nitrogens with zero attached hydrogens (tertiary/aromatic N) is 3. The number of aromatic nitrogens is 3. The monoisotopic (exact) mass is 237 g/mol.